The lowest BCUT2D eigenvalue weighted by Gasteiger charge is -2.12. The molecule has 2 aromatic carbocycles. The summed E-state index contributed by atoms with van der Waals surface area (Å²) in [6.07, 6.45) is 2.53. The second-order valence-electron chi connectivity index (χ2n) is 5.18. The van der Waals surface area contributed by atoms with Crippen LogP contribution >= 0.6 is 0 Å². The third-order valence-electron chi connectivity index (χ3n) is 3.57. The Morgan fingerprint density at radius 2 is 1.95 bits per heavy atom. The van der Waals surface area contributed by atoms with E-state index < -0.39 is 0 Å². The summed E-state index contributed by atoms with van der Waals surface area (Å²) < 4.78 is 5.63. The van der Waals surface area contributed by atoms with Gasteiger partial charge in [-0.25, -0.2) is 0 Å². The number of para-hydroxylation sites is 1. The SMILES string of the molecule is C=CCc1ccccc1OCC(=O)Nc1cccc(C)c1C. The molecule has 2 rings (SSSR count). The average molecular weight is 295 g/mol. The summed E-state index contributed by atoms with van der Waals surface area (Å²) >= 11 is 0. The lowest BCUT2D eigenvalue weighted by atomic mass is 10.1. The molecule has 1 N–H and O–H groups in total. The fraction of sp³-hybridized carbons (Fsp3) is 0.211. The van der Waals surface area contributed by atoms with E-state index in [2.05, 4.69) is 11.9 Å². The third-order valence-corrected chi connectivity index (χ3v) is 3.57. The van der Waals surface area contributed by atoms with Gasteiger partial charge in [0.15, 0.2) is 6.61 Å². The molecule has 0 radical (unpaired) electrons. The van der Waals surface area contributed by atoms with Crippen molar-refractivity contribution in [3.05, 3.63) is 71.8 Å². The van der Waals surface area contributed by atoms with Gasteiger partial charge in [0.05, 0.1) is 0 Å². The zero-order chi connectivity index (χ0) is 15.9. The average Bonchev–Trinajstić information content (AvgIpc) is 2.51. The van der Waals surface area contributed by atoms with Crippen LogP contribution in [-0.2, 0) is 11.2 Å². The Bertz CT molecular complexity index is 677. The summed E-state index contributed by atoms with van der Waals surface area (Å²) in [6, 6.07) is 13.5. The monoisotopic (exact) mass is 295 g/mol. The molecule has 3 heteroatoms. The van der Waals surface area contributed by atoms with Gasteiger partial charge in [0.2, 0.25) is 0 Å². The molecule has 0 atom stereocenters. The van der Waals surface area contributed by atoms with Gasteiger partial charge in [-0.3, -0.25) is 4.79 Å². The van der Waals surface area contributed by atoms with E-state index in [4.69, 9.17) is 4.74 Å². The zero-order valence-electron chi connectivity index (χ0n) is 13.1. The van der Waals surface area contributed by atoms with Crippen molar-refractivity contribution in [2.24, 2.45) is 0 Å². The van der Waals surface area contributed by atoms with Gasteiger partial charge in [0.25, 0.3) is 5.91 Å². The number of carbonyl (C=O) groups is 1. The predicted molar refractivity (Wildman–Crippen MR) is 90.4 cm³/mol. The van der Waals surface area contributed by atoms with Crippen LogP contribution in [0.1, 0.15) is 16.7 Å². The highest BCUT2D eigenvalue weighted by Gasteiger charge is 2.08. The Hall–Kier alpha value is -2.55. The molecule has 0 aliphatic heterocycles. The number of rotatable bonds is 6. The van der Waals surface area contributed by atoms with E-state index in [-0.39, 0.29) is 12.5 Å². The lowest BCUT2D eigenvalue weighted by Crippen LogP contribution is -2.21. The van der Waals surface area contributed by atoms with Crippen LogP contribution in [0.5, 0.6) is 5.75 Å². The first-order chi connectivity index (χ1) is 10.6. The number of nitrogens with one attached hydrogen (secondary N) is 1. The van der Waals surface area contributed by atoms with Crippen molar-refractivity contribution >= 4 is 11.6 Å². The van der Waals surface area contributed by atoms with Crippen LogP contribution in [-0.4, -0.2) is 12.5 Å². The first kappa shape index (κ1) is 15.8. The van der Waals surface area contributed by atoms with Crippen LogP contribution in [0.15, 0.2) is 55.1 Å². The number of hydrogen-bond acceptors (Lipinski definition) is 2. The van der Waals surface area contributed by atoms with E-state index in [1.54, 1.807) is 0 Å². The van der Waals surface area contributed by atoms with Crippen molar-refractivity contribution < 1.29 is 9.53 Å². The van der Waals surface area contributed by atoms with Gasteiger partial charge < -0.3 is 10.1 Å². The maximum atomic E-state index is 12.1. The Labute approximate surface area is 131 Å². The Morgan fingerprint density at radius 1 is 1.18 bits per heavy atom. The van der Waals surface area contributed by atoms with Crippen LogP contribution in [0.25, 0.3) is 0 Å². The quantitative estimate of drug-likeness (QED) is 0.816. The Morgan fingerprint density at radius 3 is 2.73 bits per heavy atom. The number of amides is 1. The fourth-order valence-corrected chi connectivity index (χ4v) is 2.18. The van der Waals surface area contributed by atoms with Gasteiger partial charge in [-0.2, -0.15) is 0 Å². The number of hydrogen-bond donors (Lipinski definition) is 1. The van der Waals surface area contributed by atoms with E-state index in [9.17, 15) is 4.79 Å². The molecule has 0 saturated carbocycles. The second kappa shape index (κ2) is 7.46. The fourth-order valence-electron chi connectivity index (χ4n) is 2.18. The molecule has 0 aromatic heterocycles. The first-order valence-electron chi connectivity index (χ1n) is 7.29. The first-order valence-corrected chi connectivity index (χ1v) is 7.29. The van der Waals surface area contributed by atoms with Crippen LogP contribution in [0.4, 0.5) is 5.69 Å². The number of anilines is 1. The Balaban J connectivity index is 1.99. The molecule has 114 valence electrons. The van der Waals surface area contributed by atoms with Gasteiger partial charge in [-0.15, -0.1) is 6.58 Å². The molecule has 0 aliphatic rings. The van der Waals surface area contributed by atoms with Gasteiger partial charge in [0, 0.05) is 5.69 Å². The second-order valence-corrected chi connectivity index (χ2v) is 5.18. The van der Waals surface area contributed by atoms with E-state index >= 15 is 0 Å². The zero-order valence-corrected chi connectivity index (χ0v) is 13.1. The van der Waals surface area contributed by atoms with E-state index in [0.29, 0.717) is 0 Å². The van der Waals surface area contributed by atoms with E-state index in [1.165, 1.54) is 0 Å². The molecule has 0 aliphatic carbocycles. The molecule has 1 amide bonds. The molecule has 0 spiro atoms. The molecule has 2 aromatic rings. The summed E-state index contributed by atoms with van der Waals surface area (Å²) in [6.45, 7) is 7.73. The molecule has 3 nitrogen and oxygen atoms in total. The summed E-state index contributed by atoms with van der Waals surface area (Å²) in [5.41, 5.74) is 4.07. The number of carbonyl (C=O) groups excluding carboxylic acids is 1. The molecular formula is C19H21NO2. The highest BCUT2D eigenvalue weighted by atomic mass is 16.5. The van der Waals surface area contributed by atoms with E-state index in [0.717, 1.165) is 34.5 Å². The Kier molecular flexibility index (Phi) is 5.37. The number of aryl methyl sites for hydroxylation is 1. The molecular weight excluding hydrogens is 274 g/mol. The summed E-state index contributed by atoms with van der Waals surface area (Å²) in [4.78, 5) is 12.1. The van der Waals surface area contributed by atoms with E-state index in [1.807, 2.05) is 62.4 Å². The molecule has 0 saturated heterocycles. The maximum Gasteiger partial charge on any atom is 0.262 e. The van der Waals surface area contributed by atoms with Gasteiger partial charge in [-0.05, 0) is 49.1 Å². The van der Waals surface area contributed by atoms with Crippen molar-refractivity contribution in [1.82, 2.24) is 0 Å². The van der Waals surface area contributed by atoms with Gasteiger partial charge >= 0.3 is 0 Å². The minimum atomic E-state index is -0.165. The normalized spacial score (nSPS) is 10.1. The van der Waals surface area contributed by atoms with Crippen molar-refractivity contribution in [1.29, 1.82) is 0 Å². The topological polar surface area (TPSA) is 38.3 Å². The third kappa shape index (κ3) is 3.98. The lowest BCUT2D eigenvalue weighted by molar-refractivity contribution is -0.118. The van der Waals surface area contributed by atoms with Crippen molar-refractivity contribution in [3.8, 4) is 5.75 Å². The van der Waals surface area contributed by atoms with Crippen molar-refractivity contribution in [3.63, 3.8) is 0 Å². The van der Waals surface area contributed by atoms with Crippen LogP contribution in [0.2, 0.25) is 0 Å². The molecule has 0 fully saturated rings. The molecule has 0 unspecified atom stereocenters. The summed E-state index contributed by atoms with van der Waals surface area (Å²) in [5, 5.41) is 2.89. The van der Waals surface area contributed by atoms with Crippen molar-refractivity contribution in [2.45, 2.75) is 20.3 Å². The smallest absolute Gasteiger partial charge is 0.262 e. The van der Waals surface area contributed by atoms with Crippen LogP contribution in [0.3, 0.4) is 0 Å². The molecule has 0 bridgehead atoms. The standard InChI is InChI=1S/C19H21NO2/c1-4-8-16-10-5-6-12-18(16)22-13-19(21)20-17-11-7-9-14(2)15(17)3/h4-7,9-12H,1,8,13H2,2-3H3,(H,20,21). The predicted octanol–water partition coefficient (Wildman–Crippen LogP) is 4.05. The van der Waals surface area contributed by atoms with Crippen LogP contribution in [0, 0.1) is 13.8 Å². The maximum absolute atomic E-state index is 12.1. The minimum absolute atomic E-state index is 0.0124. The largest absolute Gasteiger partial charge is 0.483 e. The highest BCUT2D eigenvalue weighted by molar-refractivity contribution is 5.92. The number of benzene rings is 2. The highest BCUT2D eigenvalue weighted by Crippen LogP contribution is 2.20. The summed E-state index contributed by atoms with van der Waals surface area (Å²) in [5.74, 6) is 0.556. The van der Waals surface area contributed by atoms with Crippen molar-refractivity contribution in [2.75, 3.05) is 11.9 Å². The summed E-state index contributed by atoms with van der Waals surface area (Å²) in [7, 11) is 0. The number of ether oxygens (including phenoxy) is 1. The van der Waals surface area contributed by atoms with Crippen LogP contribution < -0.4 is 10.1 Å². The molecule has 0 heterocycles. The molecule has 22 heavy (non-hydrogen) atoms. The van der Waals surface area contributed by atoms with Gasteiger partial charge in [-0.1, -0.05) is 36.4 Å². The van der Waals surface area contributed by atoms with Gasteiger partial charge in [0.1, 0.15) is 5.75 Å². The number of allylic oxidation sites excluding steroid dienone is 1. The minimum Gasteiger partial charge on any atom is -0.483 e.